The Hall–Kier alpha value is -1.90. The van der Waals surface area contributed by atoms with Crippen LogP contribution in [0, 0.1) is 0 Å². The van der Waals surface area contributed by atoms with Gasteiger partial charge in [0.2, 0.25) is 10.0 Å². The summed E-state index contributed by atoms with van der Waals surface area (Å²) in [5.74, 6) is 0.768. The molecule has 2 rings (SSSR count). The Bertz CT molecular complexity index is 754. The molecule has 0 radical (unpaired) electrons. The number of hydrogen-bond acceptors (Lipinski definition) is 4. The molecule has 0 fully saturated rings. The molecular formula is C16H22N4O2S2. The number of nitrogens with one attached hydrogen (secondary N) is 2. The van der Waals surface area contributed by atoms with Gasteiger partial charge in [0.05, 0.1) is 11.4 Å². The van der Waals surface area contributed by atoms with E-state index in [1.165, 1.54) is 17.7 Å². The van der Waals surface area contributed by atoms with Gasteiger partial charge in [-0.15, -0.1) is 0 Å². The molecule has 0 unspecified atom stereocenters. The van der Waals surface area contributed by atoms with Crippen molar-refractivity contribution in [3.8, 4) is 0 Å². The highest BCUT2D eigenvalue weighted by Crippen LogP contribution is 2.09. The average Bonchev–Trinajstić information content (AvgIpc) is 3.05. The van der Waals surface area contributed by atoms with Crippen molar-refractivity contribution >= 4 is 27.3 Å². The fourth-order valence-electron chi connectivity index (χ4n) is 2.07. The number of nitrogens with zero attached hydrogens (tertiary/aromatic N) is 1. The van der Waals surface area contributed by atoms with Crippen LogP contribution in [0.3, 0.4) is 0 Å². The van der Waals surface area contributed by atoms with Gasteiger partial charge in [-0.25, -0.2) is 18.5 Å². The largest absolute Gasteiger partial charge is 0.357 e. The topological polar surface area (TPSA) is 96.6 Å². The van der Waals surface area contributed by atoms with E-state index in [9.17, 15) is 8.42 Å². The van der Waals surface area contributed by atoms with Gasteiger partial charge in [0.1, 0.15) is 0 Å². The molecule has 0 aliphatic rings. The lowest BCUT2D eigenvalue weighted by molar-refractivity contribution is 0.598. The Labute approximate surface area is 146 Å². The third-order valence-corrected chi connectivity index (χ3v) is 4.96. The van der Waals surface area contributed by atoms with E-state index in [0.29, 0.717) is 13.1 Å². The van der Waals surface area contributed by atoms with E-state index in [1.54, 1.807) is 23.5 Å². The van der Waals surface area contributed by atoms with Crippen molar-refractivity contribution in [2.75, 3.05) is 13.1 Å². The molecule has 0 saturated carbocycles. The number of hydrogen-bond donors (Lipinski definition) is 3. The van der Waals surface area contributed by atoms with Crippen LogP contribution in [0.15, 0.2) is 51.0 Å². The van der Waals surface area contributed by atoms with Crippen LogP contribution in [-0.4, -0.2) is 27.5 Å². The van der Waals surface area contributed by atoms with Gasteiger partial charge in [0.25, 0.3) is 0 Å². The van der Waals surface area contributed by atoms with Crippen molar-refractivity contribution in [2.45, 2.75) is 24.8 Å². The van der Waals surface area contributed by atoms with Crippen molar-refractivity contribution in [1.29, 1.82) is 0 Å². The van der Waals surface area contributed by atoms with Crippen LogP contribution >= 0.6 is 11.3 Å². The van der Waals surface area contributed by atoms with Gasteiger partial charge in [-0.1, -0.05) is 12.1 Å². The van der Waals surface area contributed by atoms with E-state index in [2.05, 4.69) is 27.1 Å². The lowest BCUT2D eigenvalue weighted by Crippen LogP contribution is -2.38. The first-order valence-corrected chi connectivity index (χ1v) is 10.1. The molecule has 8 heteroatoms. The van der Waals surface area contributed by atoms with Gasteiger partial charge in [-0.2, -0.15) is 11.3 Å². The van der Waals surface area contributed by atoms with Crippen LogP contribution < -0.4 is 15.8 Å². The average molecular weight is 367 g/mol. The van der Waals surface area contributed by atoms with E-state index in [-0.39, 0.29) is 4.90 Å². The van der Waals surface area contributed by atoms with Crippen LogP contribution in [-0.2, 0) is 23.0 Å². The standard InChI is InChI=1S/C16H22N4O2S2/c1-2-18-16(20-11-14-8-10-23-12-14)19-9-7-13-3-5-15(6-4-13)24(17,21)22/h3-6,8,10,12H,2,7,9,11H2,1H3,(H2,17,21,22)(H2,18,19,20). The van der Waals surface area contributed by atoms with Crippen LogP contribution in [0.5, 0.6) is 0 Å². The minimum atomic E-state index is -3.63. The van der Waals surface area contributed by atoms with E-state index in [0.717, 1.165) is 24.5 Å². The zero-order valence-corrected chi connectivity index (χ0v) is 15.2. The van der Waals surface area contributed by atoms with E-state index in [1.807, 2.05) is 12.3 Å². The second-order valence-electron chi connectivity index (χ2n) is 5.19. The molecule has 0 aliphatic heterocycles. The fraction of sp³-hybridized carbons (Fsp3) is 0.312. The maximum Gasteiger partial charge on any atom is 0.238 e. The summed E-state index contributed by atoms with van der Waals surface area (Å²) in [6.07, 6.45) is 0.758. The second kappa shape index (κ2) is 8.81. The molecule has 24 heavy (non-hydrogen) atoms. The Morgan fingerprint density at radius 2 is 1.92 bits per heavy atom. The smallest absolute Gasteiger partial charge is 0.238 e. The number of sulfonamides is 1. The number of guanidine groups is 1. The molecule has 0 atom stereocenters. The number of nitrogens with two attached hydrogens (primary N) is 1. The van der Waals surface area contributed by atoms with Crippen LogP contribution in [0.25, 0.3) is 0 Å². The highest BCUT2D eigenvalue weighted by molar-refractivity contribution is 7.89. The molecule has 1 aromatic heterocycles. The molecule has 0 saturated heterocycles. The van der Waals surface area contributed by atoms with Crippen LogP contribution in [0.1, 0.15) is 18.1 Å². The molecule has 1 aromatic carbocycles. The molecule has 4 N–H and O–H groups in total. The van der Waals surface area contributed by atoms with Crippen LogP contribution in [0.2, 0.25) is 0 Å². The zero-order valence-electron chi connectivity index (χ0n) is 13.5. The van der Waals surface area contributed by atoms with Crippen molar-refractivity contribution in [2.24, 2.45) is 10.1 Å². The predicted molar refractivity (Wildman–Crippen MR) is 98.7 cm³/mol. The minimum absolute atomic E-state index is 0.130. The lowest BCUT2D eigenvalue weighted by atomic mass is 10.1. The van der Waals surface area contributed by atoms with Gasteiger partial charge in [0.15, 0.2) is 5.96 Å². The Morgan fingerprint density at radius 1 is 1.17 bits per heavy atom. The number of aliphatic imine (C=N–C) groups is 1. The van der Waals surface area contributed by atoms with Gasteiger partial charge in [-0.05, 0) is 53.4 Å². The number of primary sulfonamides is 1. The van der Waals surface area contributed by atoms with E-state index < -0.39 is 10.0 Å². The van der Waals surface area contributed by atoms with Crippen LogP contribution in [0.4, 0.5) is 0 Å². The molecule has 0 spiro atoms. The molecule has 6 nitrogen and oxygen atoms in total. The first kappa shape index (κ1) is 18.4. The highest BCUT2D eigenvalue weighted by atomic mass is 32.2. The van der Waals surface area contributed by atoms with Crippen molar-refractivity contribution in [3.63, 3.8) is 0 Å². The second-order valence-corrected chi connectivity index (χ2v) is 7.53. The summed E-state index contributed by atoms with van der Waals surface area (Å²) >= 11 is 1.66. The third-order valence-electron chi connectivity index (χ3n) is 3.30. The molecule has 130 valence electrons. The van der Waals surface area contributed by atoms with Crippen molar-refractivity contribution in [1.82, 2.24) is 10.6 Å². The summed E-state index contributed by atoms with van der Waals surface area (Å²) < 4.78 is 22.5. The SMILES string of the molecule is CCNC(=NCc1ccsc1)NCCc1ccc(S(N)(=O)=O)cc1. The number of benzene rings is 1. The molecular weight excluding hydrogens is 344 g/mol. The lowest BCUT2D eigenvalue weighted by Gasteiger charge is -2.11. The van der Waals surface area contributed by atoms with E-state index in [4.69, 9.17) is 5.14 Å². The Morgan fingerprint density at radius 3 is 2.50 bits per heavy atom. The maximum absolute atomic E-state index is 11.2. The van der Waals surface area contributed by atoms with E-state index >= 15 is 0 Å². The molecule has 0 bridgehead atoms. The first-order chi connectivity index (χ1) is 11.5. The van der Waals surface area contributed by atoms with Crippen molar-refractivity contribution < 1.29 is 8.42 Å². The monoisotopic (exact) mass is 366 g/mol. The summed E-state index contributed by atoms with van der Waals surface area (Å²) in [5, 5.41) is 15.7. The third kappa shape index (κ3) is 5.95. The van der Waals surface area contributed by atoms with Gasteiger partial charge in [-0.3, -0.25) is 0 Å². The molecule has 0 amide bonds. The van der Waals surface area contributed by atoms with Gasteiger partial charge >= 0.3 is 0 Å². The first-order valence-electron chi connectivity index (χ1n) is 7.64. The molecule has 1 heterocycles. The zero-order chi connectivity index (χ0) is 17.4. The summed E-state index contributed by atoms with van der Waals surface area (Å²) in [6, 6.07) is 8.67. The Kier molecular flexibility index (Phi) is 6.77. The van der Waals surface area contributed by atoms with Gasteiger partial charge in [0, 0.05) is 13.1 Å². The normalized spacial score (nSPS) is 12.2. The molecule has 2 aromatic rings. The quantitative estimate of drug-likeness (QED) is 0.513. The summed E-state index contributed by atoms with van der Waals surface area (Å²) in [5.41, 5.74) is 2.22. The fourth-order valence-corrected chi connectivity index (χ4v) is 3.24. The summed E-state index contributed by atoms with van der Waals surface area (Å²) in [7, 11) is -3.63. The van der Waals surface area contributed by atoms with Crippen molar-refractivity contribution in [3.05, 3.63) is 52.2 Å². The highest BCUT2D eigenvalue weighted by Gasteiger charge is 2.06. The predicted octanol–water partition coefficient (Wildman–Crippen LogP) is 1.69. The summed E-state index contributed by atoms with van der Waals surface area (Å²) in [4.78, 5) is 4.67. The number of thiophene rings is 1. The molecule has 0 aliphatic carbocycles. The number of rotatable bonds is 7. The van der Waals surface area contributed by atoms with Gasteiger partial charge < -0.3 is 10.6 Å². The Balaban J connectivity index is 1.87. The minimum Gasteiger partial charge on any atom is -0.357 e. The summed E-state index contributed by atoms with van der Waals surface area (Å²) in [6.45, 7) is 4.15. The maximum atomic E-state index is 11.2.